The SMILES string of the molecule is O=C(Nc1cccc(C(F)(F)F)c1)[C@@H]1COc2ccccc2O1. The van der Waals surface area contributed by atoms with Crippen LogP contribution in [0.3, 0.4) is 0 Å². The van der Waals surface area contributed by atoms with Gasteiger partial charge < -0.3 is 14.8 Å². The van der Waals surface area contributed by atoms with Crippen LogP contribution in [0, 0.1) is 0 Å². The van der Waals surface area contributed by atoms with E-state index in [9.17, 15) is 18.0 Å². The molecule has 0 fully saturated rings. The summed E-state index contributed by atoms with van der Waals surface area (Å²) in [4.78, 5) is 12.1. The molecule has 0 saturated heterocycles. The van der Waals surface area contributed by atoms with Crippen LogP contribution in [0.2, 0.25) is 0 Å². The fraction of sp³-hybridized carbons (Fsp3) is 0.188. The van der Waals surface area contributed by atoms with Crippen LogP contribution in [0.5, 0.6) is 11.5 Å². The first-order valence-electron chi connectivity index (χ1n) is 6.80. The molecule has 1 aliphatic heterocycles. The van der Waals surface area contributed by atoms with Crippen molar-refractivity contribution in [3.05, 3.63) is 54.1 Å². The molecule has 2 aromatic carbocycles. The number of carbonyl (C=O) groups is 1. The lowest BCUT2D eigenvalue weighted by Gasteiger charge is -2.25. The maximum atomic E-state index is 12.7. The van der Waals surface area contributed by atoms with Crippen molar-refractivity contribution in [3.8, 4) is 11.5 Å². The second kappa shape index (κ2) is 5.83. The number of nitrogens with one attached hydrogen (secondary N) is 1. The zero-order valence-electron chi connectivity index (χ0n) is 11.8. The van der Waals surface area contributed by atoms with Gasteiger partial charge in [0.25, 0.3) is 5.91 Å². The average Bonchev–Trinajstić information content (AvgIpc) is 2.54. The molecule has 1 aliphatic rings. The van der Waals surface area contributed by atoms with Crippen LogP contribution in [0.15, 0.2) is 48.5 Å². The maximum Gasteiger partial charge on any atom is 0.416 e. The highest BCUT2D eigenvalue weighted by Crippen LogP contribution is 2.32. The first-order chi connectivity index (χ1) is 10.9. The molecule has 2 aromatic rings. The summed E-state index contributed by atoms with van der Waals surface area (Å²) in [6, 6.07) is 11.3. The monoisotopic (exact) mass is 323 g/mol. The molecule has 0 unspecified atom stereocenters. The summed E-state index contributed by atoms with van der Waals surface area (Å²) in [7, 11) is 0. The van der Waals surface area contributed by atoms with Gasteiger partial charge in [-0.3, -0.25) is 4.79 Å². The molecule has 0 radical (unpaired) electrons. The number of hydrogen-bond donors (Lipinski definition) is 1. The maximum absolute atomic E-state index is 12.7. The number of carbonyl (C=O) groups excluding carboxylic acids is 1. The van der Waals surface area contributed by atoms with E-state index in [1.807, 2.05) is 0 Å². The number of anilines is 1. The van der Waals surface area contributed by atoms with Gasteiger partial charge in [0.2, 0.25) is 6.10 Å². The van der Waals surface area contributed by atoms with Crippen molar-refractivity contribution in [3.63, 3.8) is 0 Å². The third-order valence-corrected chi connectivity index (χ3v) is 3.26. The minimum atomic E-state index is -4.47. The van der Waals surface area contributed by atoms with Crippen LogP contribution >= 0.6 is 0 Å². The van der Waals surface area contributed by atoms with Crippen LogP contribution in [0.25, 0.3) is 0 Å². The fourth-order valence-electron chi connectivity index (χ4n) is 2.14. The van der Waals surface area contributed by atoms with Gasteiger partial charge in [0.05, 0.1) is 5.56 Å². The first kappa shape index (κ1) is 15.2. The van der Waals surface area contributed by atoms with Gasteiger partial charge in [0.1, 0.15) is 6.61 Å². The standard InChI is InChI=1S/C16H12F3NO3/c17-16(18,19)10-4-3-5-11(8-10)20-15(21)14-9-22-12-6-1-2-7-13(12)23-14/h1-8,14H,9H2,(H,20,21)/t14-/m0/s1. The van der Waals surface area contributed by atoms with Gasteiger partial charge in [-0.05, 0) is 30.3 Å². The molecular formula is C16H12F3NO3. The summed E-state index contributed by atoms with van der Waals surface area (Å²) in [6.07, 6.45) is -5.40. The lowest BCUT2D eigenvalue weighted by atomic mass is 10.2. The molecule has 4 nitrogen and oxygen atoms in total. The van der Waals surface area contributed by atoms with E-state index in [4.69, 9.17) is 9.47 Å². The second-order valence-corrected chi connectivity index (χ2v) is 4.93. The van der Waals surface area contributed by atoms with E-state index in [1.165, 1.54) is 12.1 Å². The molecule has 1 heterocycles. The lowest BCUT2D eigenvalue weighted by molar-refractivity contribution is -0.137. The molecule has 1 atom stereocenters. The Labute approximate surface area is 129 Å². The Morgan fingerprint density at radius 3 is 2.57 bits per heavy atom. The minimum absolute atomic E-state index is 0.0121. The molecule has 23 heavy (non-hydrogen) atoms. The van der Waals surface area contributed by atoms with Gasteiger partial charge in [-0.2, -0.15) is 13.2 Å². The number of alkyl halides is 3. The van der Waals surface area contributed by atoms with Gasteiger partial charge in [-0.1, -0.05) is 18.2 Å². The van der Waals surface area contributed by atoms with E-state index in [2.05, 4.69) is 5.32 Å². The highest BCUT2D eigenvalue weighted by molar-refractivity contribution is 5.94. The average molecular weight is 323 g/mol. The molecule has 7 heteroatoms. The smallest absolute Gasteiger partial charge is 0.416 e. The van der Waals surface area contributed by atoms with E-state index in [1.54, 1.807) is 24.3 Å². The third kappa shape index (κ3) is 3.39. The van der Waals surface area contributed by atoms with Gasteiger partial charge >= 0.3 is 6.18 Å². The third-order valence-electron chi connectivity index (χ3n) is 3.26. The zero-order valence-corrected chi connectivity index (χ0v) is 11.8. The number of rotatable bonds is 2. The van der Waals surface area contributed by atoms with Gasteiger partial charge in [-0.15, -0.1) is 0 Å². The predicted molar refractivity (Wildman–Crippen MR) is 76.4 cm³/mol. The molecular weight excluding hydrogens is 311 g/mol. The van der Waals surface area contributed by atoms with Crippen LogP contribution in [-0.4, -0.2) is 18.6 Å². The first-order valence-corrected chi connectivity index (χ1v) is 6.80. The number of fused-ring (bicyclic) bond motifs is 1. The molecule has 0 aromatic heterocycles. The number of benzene rings is 2. The van der Waals surface area contributed by atoms with Crippen molar-refractivity contribution in [1.29, 1.82) is 0 Å². The largest absolute Gasteiger partial charge is 0.485 e. The van der Waals surface area contributed by atoms with Crippen molar-refractivity contribution < 1.29 is 27.4 Å². The predicted octanol–water partition coefficient (Wildman–Crippen LogP) is 3.48. The number of ether oxygens (including phenoxy) is 2. The molecule has 1 N–H and O–H groups in total. The van der Waals surface area contributed by atoms with Gasteiger partial charge in [0, 0.05) is 5.69 Å². The fourth-order valence-corrected chi connectivity index (χ4v) is 2.14. The Kier molecular flexibility index (Phi) is 3.85. The summed E-state index contributed by atoms with van der Waals surface area (Å²) in [5.74, 6) is 0.373. The summed E-state index contributed by atoms with van der Waals surface area (Å²) >= 11 is 0. The normalized spacial score (nSPS) is 16.7. The summed E-state index contributed by atoms with van der Waals surface area (Å²) in [5, 5.41) is 2.41. The summed E-state index contributed by atoms with van der Waals surface area (Å²) in [6.45, 7) is -0.0121. The number of amides is 1. The lowest BCUT2D eigenvalue weighted by Crippen LogP contribution is -2.40. The van der Waals surface area contributed by atoms with E-state index in [0.717, 1.165) is 12.1 Å². The number of hydrogen-bond acceptors (Lipinski definition) is 3. The number of para-hydroxylation sites is 2. The van der Waals surface area contributed by atoms with E-state index < -0.39 is 23.8 Å². The Hall–Kier alpha value is -2.70. The van der Waals surface area contributed by atoms with Crippen molar-refractivity contribution in [1.82, 2.24) is 0 Å². The molecule has 120 valence electrons. The van der Waals surface area contributed by atoms with Crippen LogP contribution < -0.4 is 14.8 Å². The second-order valence-electron chi connectivity index (χ2n) is 4.93. The summed E-state index contributed by atoms with van der Waals surface area (Å²) in [5.41, 5.74) is -0.784. The Balaban J connectivity index is 1.71. The van der Waals surface area contributed by atoms with Crippen molar-refractivity contribution in [2.24, 2.45) is 0 Å². The van der Waals surface area contributed by atoms with Crippen molar-refractivity contribution in [2.75, 3.05) is 11.9 Å². The Morgan fingerprint density at radius 2 is 1.83 bits per heavy atom. The van der Waals surface area contributed by atoms with Gasteiger partial charge in [0.15, 0.2) is 11.5 Å². The van der Waals surface area contributed by atoms with E-state index >= 15 is 0 Å². The highest BCUT2D eigenvalue weighted by Gasteiger charge is 2.31. The highest BCUT2D eigenvalue weighted by atomic mass is 19.4. The van der Waals surface area contributed by atoms with Gasteiger partial charge in [-0.25, -0.2) is 0 Å². The Morgan fingerprint density at radius 1 is 1.09 bits per heavy atom. The summed E-state index contributed by atoms with van der Waals surface area (Å²) < 4.78 is 48.9. The Bertz CT molecular complexity index is 731. The zero-order chi connectivity index (χ0) is 16.4. The topological polar surface area (TPSA) is 47.6 Å². The van der Waals surface area contributed by atoms with Crippen LogP contribution in [0.4, 0.5) is 18.9 Å². The van der Waals surface area contributed by atoms with Crippen LogP contribution in [0.1, 0.15) is 5.56 Å². The van der Waals surface area contributed by atoms with Crippen LogP contribution in [-0.2, 0) is 11.0 Å². The van der Waals surface area contributed by atoms with E-state index in [0.29, 0.717) is 11.5 Å². The quantitative estimate of drug-likeness (QED) is 0.920. The number of halogens is 3. The molecule has 3 rings (SSSR count). The molecule has 0 spiro atoms. The van der Waals surface area contributed by atoms with Crippen molar-refractivity contribution in [2.45, 2.75) is 12.3 Å². The molecule has 0 bridgehead atoms. The van der Waals surface area contributed by atoms with Crippen molar-refractivity contribution >= 4 is 11.6 Å². The molecule has 0 aliphatic carbocycles. The van der Waals surface area contributed by atoms with E-state index in [-0.39, 0.29) is 12.3 Å². The molecule has 1 amide bonds. The molecule has 0 saturated carbocycles. The minimum Gasteiger partial charge on any atom is -0.485 e.